The highest BCUT2D eigenvalue weighted by Crippen LogP contribution is 2.14. The van der Waals surface area contributed by atoms with E-state index in [1.807, 2.05) is 0 Å². The third-order valence-electron chi connectivity index (χ3n) is 2.34. The predicted octanol–water partition coefficient (Wildman–Crippen LogP) is 1.81. The van der Waals surface area contributed by atoms with E-state index in [-0.39, 0.29) is 11.6 Å². The third-order valence-corrected chi connectivity index (χ3v) is 2.60. The first-order valence-electron chi connectivity index (χ1n) is 5.27. The van der Waals surface area contributed by atoms with Crippen molar-refractivity contribution in [1.82, 2.24) is 9.97 Å². The van der Waals surface area contributed by atoms with Gasteiger partial charge in [-0.3, -0.25) is 4.79 Å². The summed E-state index contributed by atoms with van der Waals surface area (Å²) in [5.74, 6) is 0.389. The molecule has 0 unspecified atom stereocenters. The summed E-state index contributed by atoms with van der Waals surface area (Å²) >= 11 is 5.51. The quantitative estimate of drug-likeness (QED) is 0.727. The number of benzene rings is 1. The largest absolute Gasteiger partial charge is 0.326 e. The van der Waals surface area contributed by atoms with Crippen molar-refractivity contribution in [2.75, 3.05) is 11.2 Å². The Bertz CT molecular complexity index is 588. The van der Waals surface area contributed by atoms with E-state index in [2.05, 4.69) is 15.3 Å². The van der Waals surface area contributed by atoms with Gasteiger partial charge in [-0.05, 0) is 24.6 Å². The van der Waals surface area contributed by atoms with Crippen LogP contribution in [0.25, 0.3) is 11.0 Å². The Morgan fingerprint density at radius 3 is 2.82 bits per heavy atom. The summed E-state index contributed by atoms with van der Waals surface area (Å²) in [6.45, 7) is 0. The molecule has 1 aromatic heterocycles. The lowest BCUT2D eigenvalue weighted by Gasteiger charge is -2.04. The highest BCUT2D eigenvalue weighted by atomic mass is 35.5. The summed E-state index contributed by atoms with van der Waals surface area (Å²) < 4.78 is 0. The molecule has 17 heavy (non-hydrogen) atoms. The molecule has 0 fully saturated rings. The van der Waals surface area contributed by atoms with Crippen molar-refractivity contribution in [3.63, 3.8) is 0 Å². The number of aromatic nitrogens is 2. The average Bonchev–Trinajstić information content (AvgIpc) is 2.65. The first-order valence-corrected chi connectivity index (χ1v) is 5.80. The molecule has 5 nitrogen and oxygen atoms in total. The van der Waals surface area contributed by atoms with E-state index in [4.69, 9.17) is 11.6 Å². The molecule has 6 heteroatoms. The zero-order valence-electron chi connectivity index (χ0n) is 9.05. The lowest BCUT2D eigenvalue weighted by molar-refractivity contribution is -0.116. The number of halogens is 1. The average molecular weight is 254 g/mol. The normalized spacial score (nSPS) is 10.6. The summed E-state index contributed by atoms with van der Waals surface area (Å²) in [6, 6.07) is 5.20. The molecule has 2 rings (SSSR count). The fraction of sp³-hybridized carbons (Fsp3) is 0.273. The van der Waals surface area contributed by atoms with Gasteiger partial charge in [0.25, 0.3) is 0 Å². The molecule has 0 aliphatic heterocycles. The molecule has 0 radical (unpaired) electrons. The maximum absolute atomic E-state index is 11.5. The van der Waals surface area contributed by atoms with Gasteiger partial charge >= 0.3 is 5.69 Å². The van der Waals surface area contributed by atoms with Crippen LogP contribution in [-0.2, 0) is 4.79 Å². The monoisotopic (exact) mass is 253 g/mol. The molecule has 2 aromatic rings. The van der Waals surface area contributed by atoms with E-state index in [1.165, 1.54) is 0 Å². The van der Waals surface area contributed by atoms with Crippen LogP contribution in [0.3, 0.4) is 0 Å². The van der Waals surface area contributed by atoms with Crippen LogP contribution in [0.15, 0.2) is 23.0 Å². The van der Waals surface area contributed by atoms with Gasteiger partial charge in [-0.2, -0.15) is 0 Å². The van der Waals surface area contributed by atoms with E-state index in [9.17, 15) is 9.59 Å². The van der Waals surface area contributed by atoms with Gasteiger partial charge in [-0.1, -0.05) is 0 Å². The van der Waals surface area contributed by atoms with Crippen LogP contribution in [0, 0.1) is 0 Å². The second kappa shape index (κ2) is 5.05. The van der Waals surface area contributed by atoms with E-state index < -0.39 is 0 Å². The predicted molar refractivity (Wildman–Crippen MR) is 67.5 cm³/mol. The zero-order chi connectivity index (χ0) is 12.3. The summed E-state index contributed by atoms with van der Waals surface area (Å²) in [5, 5.41) is 2.74. The van der Waals surface area contributed by atoms with Gasteiger partial charge in [0.2, 0.25) is 5.91 Å². The Labute approximate surface area is 102 Å². The Morgan fingerprint density at radius 2 is 2.06 bits per heavy atom. The van der Waals surface area contributed by atoms with Gasteiger partial charge in [-0.25, -0.2) is 4.79 Å². The van der Waals surface area contributed by atoms with Gasteiger partial charge in [0, 0.05) is 18.0 Å². The molecule has 0 atom stereocenters. The number of H-pyrrole nitrogens is 2. The maximum Gasteiger partial charge on any atom is 0.323 e. The second-order valence-corrected chi connectivity index (χ2v) is 4.06. The lowest BCUT2D eigenvalue weighted by atomic mass is 10.2. The first kappa shape index (κ1) is 11.7. The third kappa shape index (κ3) is 2.88. The van der Waals surface area contributed by atoms with Crippen molar-refractivity contribution in [2.45, 2.75) is 12.8 Å². The molecular formula is C11H12ClN3O2. The van der Waals surface area contributed by atoms with Crippen LogP contribution in [0.5, 0.6) is 0 Å². The Kier molecular flexibility index (Phi) is 3.49. The SMILES string of the molecule is O=C(CCCCl)Nc1ccc2[nH]c(=O)[nH]c2c1. The smallest absolute Gasteiger partial charge is 0.323 e. The van der Waals surface area contributed by atoms with Crippen molar-refractivity contribution in [1.29, 1.82) is 0 Å². The highest BCUT2D eigenvalue weighted by Gasteiger charge is 2.04. The summed E-state index contributed by atoms with van der Waals surface area (Å²) in [4.78, 5) is 27.8. The van der Waals surface area contributed by atoms with E-state index >= 15 is 0 Å². The Hall–Kier alpha value is -1.75. The van der Waals surface area contributed by atoms with Crippen LogP contribution in [-0.4, -0.2) is 21.8 Å². The summed E-state index contributed by atoms with van der Waals surface area (Å²) in [6.07, 6.45) is 1.04. The fourth-order valence-electron chi connectivity index (χ4n) is 1.56. The number of nitrogens with one attached hydrogen (secondary N) is 3. The Balaban J connectivity index is 2.13. The second-order valence-electron chi connectivity index (χ2n) is 3.68. The number of rotatable bonds is 4. The molecule has 0 aliphatic rings. The molecule has 0 saturated carbocycles. The van der Waals surface area contributed by atoms with Crippen LogP contribution < -0.4 is 11.0 Å². The van der Waals surface area contributed by atoms with Crippen molar-refractivity contribution >= 4 is 34.2 Å². The molecule has 0 spiro atoms. The number of aromatic amines is 2. The minimum absolute atomic E-state index is 0.0807. The van der Waals surface area contributed by atoms with Crippen LogP contribution >= 0.6 is 11.6 Å². The van der Waals surface area contributed by atoms with E-state index in [1.54, 1.807) is 18.2 Å². The molecule has 1 amide bonds. The topological polar surface area (TPSA) is 77.8 Å². The Morgan fingerprint density at radius 1 is 1.29 bits per heavy atom. The maximum atomic E-state index is 11.5. The van der Waals surface area contributed by atoms with Crippen molar-refractivity contribution in [3.05, 3.63) is 28.7 Å². The van der Waals surface area contributed by atoms with Crippen molar-refractivity contribution in [2.24, 2.45) is 0 Å². The number of carbonyl (C=O) groups excluding carboxylic acids is 1. The molecule has 0 bridgehead atoms. The van der Waals surface area contributed by atoms with Gasteiger partial charge in [0.15, 0.2) is 0 Å². The zero-order valence-corrected chi connectivity index (χ0v) is 9.80. The highest BCUT2D eigenvalue weighted by molar-refractivity contribution is 6.18. The molecule has 0 saturated heterocycles. The lowest BCUT2D eigenvalue weighted by Crippen LogP contribution is -2.11. The van der Waals surface area contributed by atoms with Crippen molar-refractivity contribution in [3.8, 4) is 0 Å². The number of hydrogen-bond acceptors (Lipinski definition) is 2. The van der Waals surface area contributed by atoms with Gasteiger partial charge in [0.05, 0.1) is 11.0 Å². The number of alkyl halides is 1. The van der Waals surface area contributed by atoms with Crippen LogP contribution in [0.1, 0.15) is 12.8 Å². The molecular weight excluding hydrogens is 242 g/mol. The van der Waals surface area contributed by atoms with Crippen molar-refractivity contribution < 1.29 is 4.79 Å². The van der Waals surface area contributed by atoms with Gasteiger partial charge in [-0.15, -0.1) is 11.6 Å². The van der Waals surface area contributed by atoms with E-state index in [0.717, 1.165) is 0 Å². The number of hydrogen-bond donors (Lipinski definition) is 3. The summed E-state index contributed by atoms with van der Waals surface area (Å²) in [7, 11) is 0. The number of carbonyl (C=O) groups is 1. The van der Waals surface area contributed by atoms with Gasteiger partial charge in [0.1, 0.15) is 0 Å². The number of fused-ring (bicyclic) bond motifs is 1. The van der Waals surface area contributed by atoms with Gasteiger partial charge < -0.3 is 15.3 Å². The first-order chi connectivity index (χ1) is 8.19. The standard InChI is InChI=1S/C11H12ClN3O2/c12-5-1-2-10(16)13-7-3-4-8-9(6-7)15-11(17)14-8/h3-4,6H,1-2,5H2,(H,13,16)(H2,14,15,17). The van der Waals surface area contributed by atoms with Crippen LogP contribution in [0.2, 0.25) is 0 Å². The molecule has 1 aromatic carbocycles. The molecule has 1 heterocycles. The minimum atomic E-state index is -0.259. The molecule has 3 N–H and O–H groups in total. The van der Waals surface area contributed by atoms with Crippen LogP contribution in [0.4, 0.5) is 5.69 Å². The molecule has 0 aliphatic carbocycles. The number of imidazole rings is 1. The molecule has 90 valence electrons. The number of anilines is 1. The number of amides is 1. The fourth-order valence-corrected chi connectivity index (χ4v) is 1.69. The van der Waals surface area contributed by atoms with E-state index in [0.29, 0.717) is 35.4 Å². The summed E-state index contributed by atoms with van der Waals surface area (Å²) in [5.41, 5.74) is 1.79. The minimum Gasteiger partial charge on any atom is -0.326 e.